The van der Waals surface area contributed by atoms with Gasteiger partial charge in [0, 0.05) is 17.0 Å². The molecule has 1 unspecified atom stereocenters. The number of rotatable bonds is 1. The molecule has 2 aromatic rings. The Balaban J connectivity index is 1.94. The summed E-state index contributed by atoms with van der Waals surface area (Å²) in [6.07, 6.45) is -0.629. The van der Waals surface area contributed by atoms with Crippen LogP contribution in [0.1, 0.15) is 35.3 Å². The van der Waals surface area contributed by atoms with Crippen LogP contribution in [-0.4, -0.2) is 5.11 Å². The lowest BCUT2D eigenvalue weighted by Gasteiger charge is -2.30. The van der Waals surface area contributed by atoms with Gasteiger partial charge < -0.3 is 9.84 Å². The molecule has 2 nitrogen and oxygen atoms in total. The van der Waals surface area contributed by atoms with E-state index in [4.69, 9.17) is 16.3 Å². The van der Waals surface area contributed by atoms with Gasteiger partial charge in [-0.15, -0.1) is 0 Å². The highest BCUT2D eigenvalue weighted by Gasteiger charge is 2.28. The normalized spacial score (nSPS) is 21.2. The van der Waals surface area contributed by atoms with Gasteiger partial charge in [0.2, 0.25) is 0 Å². The number of aryl methyl sites for hydroxylation is 1. The van der Waals surface area contributed by atoms with Gasteiger partial charge in [0.25, 0.3) is 0 Å². The van der Waals surface area contributed by atoms with Crippen LogP contribution < -0.4 is 4.74 Å². The quantitative estimate of drug-likeness (QED) is 0.847. The average molecular weight is 293 g/mol. The zero-order chi connectivity index (χ0) is 14.3. The molecule has 0 saturated carbocycles. The molecule has 0 aromatic heterocycles. The molecule has 0 saturated heterocycles. The van der Waals surface area contributed by atoms with E-state index in [1.54, 1.807) is 6.07 Å². The van der Waals surface area contributed by atoms with E-state index in [2.05, 4.69) is 0 Å². The summed E-state index contributed by atoms with van der Waals surface area (Å²) < 4.78 is 19.1. The Morgan fingerprint density at radius 2 is 2.05 bits per heavy atom. The van der Waals surface area contributed by atoms with Crippen molar-refractivity contribution in [1.82, 2.24) is 0 Å². The van der Waals surface area contributed by atoms with Crippen LogP contribution in [0.15, 0.2) is 36.4 Å². The third-order valence-corrected chi connectivity index (χ3v) is 4.01. The fourth-order valence-corrected chi connectivity index (χ4v) is 2.62. The van der Waals surface area contributed by atoms with E-state index in [1.165, 1.54) is 12.1 Å². The van der Waals surface area contributed by atoms with Crippen LogP contribution in [0.3, 0.4) is 0 Å². The number of aliphatic hydroxyl groups is 1. The number of hydrogen-bond donors (Lipinski definition) is 1. The van der Waals surface area contributed by atoms with Crippen LogP contribution in [0.25, 0.3) is 0 Å². The molecule has 1 aliphatic heterocycles. The fourth-order valence-electron chi connectivity index (χ4n) is 2.43. The molecule has 1 aliphatic rings. The van der Waals surface area contributed by atoms with Crippen LogP contribution in [0, 0.1) is 12.7 Å². The summed E-state index contributed by atoms with van der Waals surface area (Å²) in [6.45, 7) is 1.93. The van der Waals surface area contributed by atoms with Crippen molar-refractivity contribution in [3.8, 4) is 5.75 Å². The van der Waals surface area contributed by atoms with E-state index >= 15 is 0 Å². The van der Waals surface area contributed by atoms with Gasteiger partial charge in [0.15, 0.2) is 0 Å². The van der Waals surface area contributed by atoms with E-state index in [0.717, 1.165) is 11.1 Å². The van der Waals surface area contributed by atoms with E-state index in [1.807, 2.05) is 25.1 Å². The molecule has 20 heavy (non-hydrogen) atoms. The van der Waals surface area contributed by atoms with Gasteiger partial charge in [-0.3, -0.25) is 0 Å². The Hall–Kier alpha value is -1.58. The molecule has 104 valence electrons. The maximum atomic E-state index is 13.2. The maximum absolute atomic E-state index is 13.2. The van der Waals surface area contributed by atoms with E-state index in [-0.39, 0.29) is 11.9 Å². The molecular weight excluding hydrogens is 279 g/mol. The standard InChI is InChI=1S/C16H14ClFO2/c1-9-2-3-10(6-13(9)17)16-8-14(19)12-7-11(18)4-5-15(12)20-16/h2-7,14,16,19H,8H2,1H3/t14-,16?/m1/s1. The molecule has 3 rings (SSSR count). The summed E-state index contributed by atoms with van der Waals surface area (Å²) in [5, 5.41) is 10.8. The summed E-state index contributed by atoms with van der Waals surface area (Å²) in [4.78, 5) is 0. The first kappa shape index (κ1) is 13.4. The predicted molar refractivity (Wildman–Crippen MR) is 75.5 cm³/mol. The van der Waals surface area contributed by atoms with Crippen molar-refractivity contribution in [3.63, 3.8) is 0 Å². The summed E-state index contributed by atoms with van der Waals surface area (Å²) in [5.74, 6) is 0.148. The minimum atomic E-state index is -0.737. The Kier molecular flexibility index (Phi) is 3.40. The molecular formula is C16H14ClFO2. The second-order valence-corrected chi connectivity index (χ2v) is 5.46. The van der Waals surface area contributed by atoms with Gasteiger partial charge in [-0.05, 0) is 42.3 Å². The van der Waals surface area contributed by atoms with Gasteiger partial charge in [-0.1, -0.05) is 23.7 Å². The molecule has 0 bridgehead atoms. The molecule has 2 aromatic carbocycles. The molecule has 1 heterocycles. The first-order valence-electron chi connectivity index (χ1n) is 6.45. The minimum absolute atomic E-state index is 0.277. The zero-order valence-corrected chi connectivity index (χ0v) is 11.7. The maximum Gasteiger partial charge on any atom is 0.127 e. The number of halogens is 2. The molecule has 0 aliphatic carbocycles. The molecule has 0 fully saturated rings. The first-order valence-corrected chi connectivity index (χ1v) is 6.82. The van der Waals surface area contributed by atoms with Crippen molar-refractivity contribution < 1.29 is 14.2 Å². The lowest BCUT2D eigenvalue weighted by atomic mass is 9.94. The first-order chi connectivity index (χ1) is 9.54. The number of benzene rings is 2. The highest BCUT2D eigenvalue weighted by molar-refractivity contribution is 6.31. The molecule has 0 spiro atoms. The Morgan fingerprint density at radius 3 is 2.80 bits per heavy atom. The van der Waals surface area contributed by atoms with Crippen LogP contribution in [-0.2, 0) is 0 Å². The summed E-state index contributed by atoms with van der Waals surface area (Å²) in [6, 6.07) is 9.91. The number of hydrogen-bond acceptors (Lipinski definition) is 2. The third kappa shape index (κ3) is 2.39. The van der Waals surface area contributed by atoms with E-state index in [0.29, 0.717) is 22.8 Å². The third-order valence-electron chi connectivity index (χ3n) is 3.61. The van der Waals surface area contributed by atoms with Crippen LogP contribution in [0.4, 0.5) is 4.39 Å². The lowest BCUT2D eigenvalue weighted by molar-refractivity contribution is 0.0653. The van der Waals surface area contributed by atoms with Crippen molar-refractivity contribution in [2.24, 2.45) is 0 Å². The fraction of sp³-hybridized carbons (Fsp3) is 0.250. The highest BCUT2D eigenvalue weighted by Crippen LogP contribution is 2.41. The van der Waals surface area contributed by atoms with Gasteiger partial charge in [-0.25, -0.2) is 4.39 Å². The minimum Gasteiger partial charge on any atom is -0.485 e. The topological polar surface area (TPSA) is 29.5 Å². The predicted octanol–water partition coefficient (Wildman–Crippen LogP) is 4.34. The smallest absolute Gasteiger partial charge is 0.127 e. The lowest BCUT2D eigenvalue weighted by Crippen LogP contribution is -2.19. The monoisotopic (exact) mass is 292 g/mol. The molecule has 2 atom stereocenters. The summed E-state index contributed by atoms with van der Waals surface area (Å²) in [5.41, 5.74) is 2.41. The number of ether oxygens (including phenoxy) is 1. The van der Waals surface area contributed by atoms with Gasteiger partial charge in [-0.2, -0.15) is 0 Å². The van der Waals surface area contributed by atoms with Crippen LogP contribution in [0.5, 0.6) is 5.75 Å². The number of fused-ring (bicyclic) bond motifs is 1. The molecule has 1 N–H and O–H groups in total. The second kappa shape index (κ2) is 5.08. The van der Waals surface area contributed by atoms with Crippen molar-refractivity contribution in [1.29, 1.82) is 0 Å². The Labute approximate surface area is 121 Å². The van der Waals surface area contributed by atoms with Gasteiger partial charge in [0.05, 0.1) is 6.10 Å². The van der Waals surface area contributed by atoms with Crippen molar-refractivity contribution >= 4 is 11.6 Å². The van der Waals surface area contributed by atoms with Crippen molar-refractivity contribution in [2.45, 2.75) is 25.6 Å². The largest absolute Gasteiger partial charge is 0.485 e. The van der Waals surface area contributed by atoms with Gasteiger partial charge in [0.1, 0.15) is 17.7 Å². The summed E-state index contributed by atoms with van der Waals surface area (Å²) in [7, 11) is 0. The zero-order valence-electron chi connectivity index (χ0n) is 10.9. The van der Waals surface area contributed by atoms with Crippen LogP contribution >= 0.6 is 11.6 Å². The van der Waals surface area contributed by atoms with Crippen LogP contribution in [0.2, 0.25) is 5.02 Å². The van der Waals surface area contributed by atoms with Crippen molar-refractivity contribution in [3.05, 3.63) is 63.9 Å². The molecule has 0 amide bonds. The number of aliphatic hydroxyl groups excluding tert-OH is 1. The van der Waals surface area contributed by atoms with E-state index in [9.17, 15) is 9.50 Å². The van der Waals surface area contributed by atoms with Crippen molar-refractivity contribution in [2.75, 3.05) is 0 Å². The SMILES string of the molecule is Cc1ccc(C2C[C@@H](O)c3cc(F)ccc3O2)cc1Cl. The molecule has 4 heteroatoms. The Bertz CT molecular complexity index is 657. The highest BCUT2D eigenvalue weighted by atomic mass is 35.5. The average Bonchev–Trinajstić information content (AvgIpc) is 2.42. The molecule has 0 radical (unpaired) electrons. The summed E-state index contributed by atoms with van der Waals surface area (Å²) >= 11 is 6.12. The van der Waals surface area contributed by atoms with Gasteiger partial charge >= 0.3 is 0 Å². The van der Waals surface area contributed by atoms with E-state index < -0.39 is 6.10 Å². The Morgan fingerprint density at radius 1 is 1.25 bits per heavy atom. The second-order valence-electron chi connectivity index (χ2n) is 5.05.